The van der Waals surface area contributed by atoms with Crippen LogP contribution in [0.4, 0.5) is 0 Å². The quantitative estimate of drug-likeness (QED) is 0.730. The van der Waals surface area contributed by atoms with Crippen LogP contribution in [0, 0.1) is 0 Å². The highest BCUT2D eigenvalue weighted by molar-refractivity contribution is 9.10. The zero-order valence-electron chi connectivity index (χ0n) is 10.3. The molecule has 0 aliphatic carbocycles. The molecule has 0 saturated carbocycles. The normalized spacial score (nSPS) is 10.8. The van der Waals surface area contributed by atoms with Crippen LogP contribution in [0.5, 0.6) is 5.75 Å². The second-order valence-corrected chi connectivity index (χ2v) is 5.14. The van der Waals surface area contributed by atoms with Crippen molar-refractivity contribution in [1.82, 2.24) is 9.78 Å². The number of hydrogen-bond donors (Lipinski definition) is 0. The zero-order valence-corrected chi connectivity index (χ0v) is 11.9. The highest BCUT2D eigenvalue weighted by Crippen LogP contribution is 2.16. The first-order valence-electron chi connectivity index (χ1n) is 6.12. The van der Waals surface area contributed by atoms with Gasteiger partial charge in [0.15, 0.2) is 0 Å². The van der Waals surface area contributed by atoms with Crippen LogP contribution >= 0.6 is 15.9 Å². The van der Waals surface area contributed by atoms with Crippen molar-refractivity contribution < 1.29 is 4.74 Å². The first-order valence-corrected chi connectivity index (χ1v) is 6.91. The lowest BCUT2D eigenvalue weighted by Gasteiger charge is -2.07. The molecule has 4 heteroatoms. The van der Waals surface area contributed by atoms with Crippen LogP contribution in [-0.4, -0.2) is 16.4 Å². The van der Waals surface area contributed by atoms with E-state index in [4.69, 9.17) is 4.74 Å². The molecule has 3 nitrogen and oxygen atoms in total. The van der Waals surface area contributed by atoms with Gasteiger partial charge in [-0.25, -0.2) is 0 Å². The largest absolute Gasteiger partial charge is 0.492 e. The molecule has 1 heterocycles. The molecule has 1 aromatic heterocycles. The van der Waals surface area contributed by atoms with E-state index in [1.165, 1.54) is 0 Å². The Bertz CT molecular complexity index is 676. The van der Waals surface area contributed by atoms with Crippen molar-refractivity contribution in [3.8, 4) is 5.75 Å². The van der Waals surface area contributed by atoms with E-state index in [-0.39, 0.29) is 0 Å². The summed E-state index contributed by atoms with van der Waals surface area (Å²) in [6, 6.07) is 16.0. The van der Waals surface area contributed by atoms with Gasteiger partial charge in [0.2, 0.25) is 0 Å². The molecule has 0 spiro atoms. The topological polar surface area (TPSA) is 27.1 Å². The summed E-state index contributed by atoms with van der Waals surface area (Å²) >= 11 is 3.40. The van der Waals surface area contributed by atoms with Crippen molar-refractivity contribution >= 4 is 26.8 Å². The summed E-state index contributed by atoms with van der Waals surface area (Å²) < 4.78 is 8.72. The van der Waals surface area contributed by atoms with Gasteiger partial charge in [0, 0.05) is 9.86 Å². The monoisotopic (exact) mass is 316 g/mol. The van der Waals surface area contributed by atoms with Crippen LogP contribution in [0.15, 0.2) is 59.2 Å². The molecular weight excluding hydrogens is 304 g/mol. The molecule has 0 aliphatic rings. The van der Waals surface area contributed by atoms with Gasteiger partial charge in [0.1, 0.15) is 12.4 Å². The SMILES string of the molecule is Brc1ccc(OCCn2ncc3ccccc32)cc1. The second-order valence-electron chi connectivity index (χ2n) is 4.23. The predicted octanol–water partition coefficient (Wildman–Crippen LogP) is 3.88. The lowest BCUT2D eigenvalue weighted by atomic mass is 10.3. The smallest absolute Gasteiger partial charge is 0.119 e. The summed E-state index contributed by atoms with van der Waals surface area (Å²) in [5.74, 6) is 0.875. The maximum absolute atomic E-state index is 5.70. The third kappa shape index (κ3) is 2.79. The van der Waals surface area contributed by atoms with Crippen molar-refractivity contribution in [3.63, 3.8) is 0 Å². The van der Waals surface area contributed by atoms with Crippen LogP contribution in [0.25, 0.3) is 10.9 Å². The van der Waals surface area contributed by atoms with Gasteiger partial charge in [-0.2, -0.15) is 5.10 Å². The summed E-state index contributed by atoms with van der Waals surface area (Å²) in [6.07, 6.45) is 1.88. The molecule has 0 amide bonds. The van der Waals surface area contributed by atoms with Crippen LogP contribution < -0.4 is 4.74 Å². The predicted molar refractivity (Wildman–Crippen MR) is 79.4 cm³/mol. The molecule has 0 saturated heterocycles. The van der Waals surface area contributed by atoms with Crippen molar-refractivity contribution in [3.05, 3.63) is 59.2 Å². The molecule has 0 N–H and O–H groups in total. The Balaban J connectivity index is 1.65. The van der Waals surface area contributed by atoms with Gasteiger partial charge in [-0.05, 0) is 30.3 Å². The molecule has 0 atom stereocenters. The lowest BCUT2D eigenvalue weighted by molar-refractivity contribution is 0.293. The maximum atomic E-state index is 5.70. The molecule has 3 aromatic rings. The summed E-state index contributed by atoms with van der Waals surface area (Å²) in [5.41, 5.74) is 1.14. The molecule has 0 radical (unpaired) electrons. The summed E-state index contributed by atoms with van der Waals surface area (Å²) in [6.45, 7) is 1.34. The van der Waals surface area contributed by atoms with E-state index in [0.717, 1.165) is 27.7 Å². The third-order valence-electron chi connectivity index (χ3n) is 2.94. The second kappa shape index (κ2) is 5.45. The number of aromatic nitrogens is 2. The van der Waals surface area contributed by atoms with Gasteiger partial charge in [-0.15, -0.1) is 0 Å². The Morgan fingerprint density at radius 3 is 2.68 bits per heavy atom. The van der Waals surface area contributed by atoms with Gasteiger partial charge in [0.25, 0.3) is 0 Å². The number of halogens is 1. The van der Waals surface area contributed by atoms with Gasteiger partial charge in [-0.1, -0.05) is 34.1 Å². The van der Waals surface area contributed by atoms with Gasteiger partial charge < -0.3 is 4.74 Å². The minimum atomic E-state index is 0.604. The van der Waals surface area contributed by atoms with Crippen molar-refractivity contribution in [2.45, 2.75) is 6.54 Å². The Kier molecular flexibility index (Phi) is 3.51. The molecule has 96 valence electrons. The molecule has 0 fully saturated rings. The average Bonchev–Trinajstić information content (AvgIpc) is 2.85. The minimum absolute atomic E-state index is 0.604. The summed E-state index contributed by atoms with van der Waals surface area (Å²) in [7, 11) is 0. The fourth-order valence-corrected chi connectivity index (χ4v) is 2.25. The fourth-order valence-electron chi connectivity index (χ4n) is 1.98. The lowest BCUT2D eigenvalue weighted by Crippen LogP contribution is -2.09. The molecule has 3 rings (SSSR count). The Morgan fingerprint density at radius 2 is 1.84 bits per heavy atom. The average molecular weight is 317 g/mol. The number of nitrogens with zero attached hydrogens (tertiary/aromatic N) is 2. The number of hydrogen-bond acceptors (Lipinski definition) is 2. The Labute approximate surface area is 119 Å². The molecular formula is C15H13BrN2O. The highest BCUT2D eigenvalue weighted by atomic mass is 79.9. The number of rotatable bonds is 4. The summed E-state index contributed by atoms with van der Waals surface area (Å²) in [5, 5.41) is 5.53. The van der Waals surface area contributed by atoms with Gasteiger partial charge >= 0.3 is 0 Å². The van der Waals surface area contributed by atoms with Gasteiger partial charge in [0.05, 0.1) is 18.3 Å². The standard InChI is InChI=1S/C15H13BrN2O/c16-13-5-7-14(8-6-13)19-10-9-18-15-4-2-1-3-12(15)11-17-18/h1-8,11H,9-10H2. The number of ether oxygens (including phenoxy) is 1. The first-order chi connectivity index (χ1) is 9.33. The number of para-hydroxylation sites is 1. The van der Waals surface area contributed by atoms with E-state index in [0.29, 0.717) is 6.61 Å². The van der Waals surface area contributed by atoms with E-state index >= 15 is 0 Å². The molecule has 19 heavy (non-hydrogen) atoms. The van der Waals surface area contributed by atoms with E-state index in [2.05, 4.69) is 33.2 Å². The van der Waals surface area contributed by atoms with Crippen molar-refractivity contribution in [1.29, 1.82) is 0 Å². The highest BCUT2D eigenvalue weighted by Gasteiger charge is 2.01. The fraction of sp³-hybridized carbons (Fsp3) is 0.133. The van der Waals surface area contributed by atoms with E-state index in [9.17, 15) is 0 Å². The molecule has 2 aromatic carbocycles. The maximum Gasteiger partial charge on any atom is 0.119 e. The van der Waals surface area contributed by atoms with E-state index < -0.39 is 0 Å². The van der Waals surface area contributed by atoms with Gasteiger partial charge in [-0.3, -0.25) is 4.68 Å². The van der Waals surface area contributed by atoms with Crippen molar-refractivity contribution in [2.75, 3.05) is 6.61 Å². The third-order valence-corrected chi connectivity index (χ3v) is 3.47. The van der Waals surface area contributed by atoms with Crippen molar-refractivity contribution in [2.24, 2.45) is 0 Å². The Morgan fingerprint density at radius 1 is 1.05 bits per heavy atom. The van der Waals surface area contributed by atoms with Crippen LogP contribution in [0.1, 0.15) is 0 Å². The minimum Gasteiger partial charge on any atom is -0.492 e. The van der Waals surface area contributed by atoms with E-state index in [1.807, 2.05) is 47.3 Å². The number of fused-ring (bicyclic) bond motifs is 1. The first kappa shape index (κ1) is 12.2. The van der Waals surface area contributed by atoms with E-state index in [1.54, 1.807) is 0 Å². The van der Waals surface area contributed by atoms with Crippen LogP contribution in [0.2, 0.25) is 0 Å². The molecule has 0 bridgehead atoms. The molecule has 0 unspecified atom stereocenters. The Hall–Kier alpha value is -1.81. The van der Waals surface area contributed by atoms with Crippen LogP contribution in [0.3, 0.4) is 0 Å². The molecule has 0 aliphatic heterocycles. The summed E-state index contributed by atoms with van der Waals surface area (Å²) in [4.78, 5) is 0. The van der Waals surface area contributed by atoms with Crippen LogP contribution in [-0.2, 0) is 6.54 Å². The zero-order chi connectivity index (χ0) is 13.1. The number of benzene rings is 2.